The molecule has 1 amide bonds. The molecule has 0 bridgehead atoms. The van der Waals surface area contributed by atoms with Crippen molar-refractivity contribution in [3.8, 4) is 0 Å². The predicted octanol–water partition coefficient (Wildman–Crippen LogP) is 2.77. The molecule has 1 N–H and O–H groups in total. The smallest absolute Gasteiger partial charge is 0.249 e. The molecule has 0 saturated carbocycles. The van der Waals surface area contributed by atoms with Gasteiger partial charge >= 0.3 is 0 Å². The van der Waals surface area contributed by atoms with E-state index in [1.165, 1.54) is 6.92 Å². The lowest BCUT2D eigenvalue weighted by atomic mass is 9.93. The highest BCUT2D eigenvalue weighted by Gasteiger charge is 2.30. The third kappa shape index (κ3) is 4.60. The lowest BCUT2D eigenvalue weighted by Gasteiger charge is -2.27. The number of carbonyl (C=O) groups excluding carboxylic acids is 1. The van der Waals surface area contributed by atoms with Crippen LogP contribution in [0.2, 0.25) is 0 Å². The number of sulfonamides is 1. The van der Waals surface area contributed by atoms with E-state index in [0.717, 1.165) is 10.6 Å². The summed E-state index contributed by atoms with van der Waals surface area (Å²) in [7, 11) is -3.64. The van der Waals surface area contributed by atoms with Gasteiger partial charge in [0.05, 0.1) is 11.9 Å². The van der Waals surface area contributed by atoms with E-state index < -0.39 is 22.0 Å². The van der Waals surface area contributed by atoms with Gasteiger partial charge in [-0.25, -0.2) is 8.42 Å². The summed E-state index contributed by atoms with van der Waals surface area (Å²) in [5, 5.41) is 6.43. The monoisotopic (exact) mass is 365 g/mol. The second-order valence-corrected chi connectivity index (χ2v) is 8.75. The number of rotatable bonds is 5. The van der Waals surface area contributed by atoms with E-state index >= 15 is 0 Å². The fraction of sp³-hybridized carbons (Fsp3) is 0.412. The Morgan fingerprint density at radius 1 is 1.24 bits per heavy atom. The molecule has 1 aromatic carbocycles. The number of carbonyl (C=O) groups is 1. The van der Waals surface area contributed by atoms with Crippen LogP contribution in [0.3, 0.4) is 0 Å². The van der Waals surface area contributed by atoms with Gasteiger partial charge in [0.2, 0.25) is 15.9 Å². The minimum Gasteiger partial charge on any atom is -0.359 e. The van der Waals surface area contributed by atoms with Crippen LogP contribution in [0.4, 0.5) is 11.5 Å². The van der Waals surface area contributed by atoms with Crippen molar-refractivity contribution in [2.75, 3.05) is 15.9 Å². The van der Waals surface area contributed by atoms with Crippen LogP contribution in [0.1, 0.15) is 33.5 Å². The molecule has 0 aliphatic heterocycles. The van der Waals surface area contributed by atoms with Crippen LogP contribution in [0.15, 0.2) is 40.9 Å². The van der Waals surface area contributed by atoms with Crippen LogP contribution < -0.4 is 9.62 Å². The van der Waals surface area contributed by atoms with Gasteiger partial charge in [0.25, 0.3) is 0 Å². The topological polar surface area (TPSA) is 92.5 Å². The Balaban J connectivity index is 2.23. The van der Waals surface area contributed by atoms with E-state index in [4.69, 9.17) is 4.52 Å². The summed E-state index contributed by atoms with van der Waals surface area (Å²) in [4.78, 5) is 12.5. The molecular formula is C17H23N3O4S. The standard InChI is InChI=1S/C17H23N3O4S/c1-12(20(25(5,22)23)13-9-7-6-8-10-13)16(21)18-15-11-14(24-19-15)17(2,3)4/h6-12H,1-5H3,(H,18,19,21). The Labute approximate surface area is 148 Å². The van der Waals surface area contributed by atoms with Crippen molar-refractivity contribution < 1.29 is 17.7 Å². The molecule has 136 valence electrons. The van der Waals surface area contributed by atoms with Gasteiger partial charge in [-0.15, -0.1) is 0 Å². The van der Waals surface area contributed by atoms with Gasteiger partial charge in [-0.05, 0) is 19.1 Å². The Morgan fingerprint density at radius 2 is 1.84 bits per heavy atom. The van der Waals surface area contributed by atoms with Crippen LogP contribution in [0.5, 0.6) is 0 Å². The average molecular weight is 365 g/mol. The first-order valence-corrected chi connectivity index (χ1v) is 9.67. The number of nitrogens with one attached hydrogen (secondary N) is 1. The highest BCUT2D eigenvalue weighted by molar-refractivity contribution is 7.92. The largest absolute Gasteiger partial charge is 0.359 e. The molecule has 2 aromatic rings. The number of anilines is 2. The van der Waals surface area contributed by atoms with Crippen molar-refractivity contribution in [3.05, 3.63) is 42.2 Å². The fourth-order valence-corrected chi connectivity index (χ4v) is 3.48. The van der Waals surface area contributed by atoms with Crippen molar-refractivity contribution in [1.82, 2.24) is 5.16 Å². The highest BCUT2D eigenvalue weighted by atomic mass is 32.2. The zero-order valence-corrected chi connectivity index (χ0v) is 15.8. The molecule has 1 heterocycles. The van der Waals surface area contributed by atoms with Crippen molar-refractivity contribution in [2.45, 2.75) is 39.2 Å². The van der Waals surface area contributed by atoms with Crippen LogP contribution in [0, 0.1) is 0 Å². The summed E-state index contributed by atoms with van der Waals surface area (Å²) >= 11 is 0. The maximum Gasteiger partial charge on any atom is 0.249 e. The number of para-hydroxylation sites is 1. The van der Waals surface area contributed by atoms with E-state index in [1.807, 2.05) is 20.8 Å². The number of hydrogen-bond donors (Lipinski definition) is 1. The van der Waals surface area contributed by atoms with Crippen LogP contribution >= 0.6 is 0 Å². The number of aromatic nitrogens is 1. The first-order chi connectivity index (χ1) is 11.5. The summed E-state index contributed by atoms with van der Waals surface area (Å²) in [6.07, 6.45) is 1.07. The Kier molecular flexibility index (Phi) is 5.22. The fourth-order valence-electron chi connectivity index (χ4n) is 2.30. The normalized spacial score (nSPS) is 13.3. The Morgan fingerprint density at radius 3 is 2.32 bits per heavy atom. The number of nitrogens with zero attached hydrogens (tertiary/aromatic N) is 2. The maximum atomic E-state index is 12.5. The summed E-state index contributed by atoms with van der Waals surface area (Å²) in [6.45, 7) is 7.40. The third-order valence-corrected chi connectivity index (χ3v) is 4.84. The first-order valence-electron chi connectivity index (χ1n) is 7.82. The summed E-state index contributed by atoms with van der Waals surface area (Å²) in [5.74, 6) is 0.379. The number of amides is 1. The summed E-state index contributed by atoms with van der Waals surface area (Å²) in [6, 6.07) is 9.16. The molecule has 0 fully saturated rings. The highest BCUT2D eigenvalue weighted by Crippen LogP contribution is 2.25. The molecule has 25 heavy (non-hydrogen) atoms. The SMILES string of the molecule is CC(C(=O)Nc1cc(C(C)(C)C)on1)N(c1ccccc1)S(C)(=O)=O. The molecule has 1 unspecified atom stereocenters. The lowest BCUT2D eigenvalue weighted by molar-refractivity contribution is -0.116. The van der Waals surface area contributed by atoms with Crippen molar-refractivity contribution >= 4 is 27.4 Å². The Hall–Kier alpha value is -2.35. The third-order valence-electron chi connectivity index (χ3n) is 3.60. The van der Waals surface area contributed by atoms with Gasteiger partial charge in [0, 0.05) is 11.5 Å². The van der Waals surface area contributed by atoms with Crippen molar-refractivity contribution in [1.29, 1.82) is 0 Å². The van der Waals surface area contributed by atoms with Crippen LogP contribution in [-0.4, -0.2) is 31.8 Å². The number of hydrogen-bond acceptors (Lipinski definition) is 5. The molecule has 0 radical (unpaired) electrons. The molecule has 2 rings (SSSR count). The van der Waals surface area contributed by atoms with Gasteiger partial charge < -0.3 is 9.84 Å². The van der Waals surface area contributed by atoms with Crippen LogP contribution in [-0.2, 0) is 20.2 Å². The second kappa shape index (κ2) is 6.87. The first kappa shape index (κ1) is 19.0. The molecule has 0 aliphatic rings. The molecule has 1 aromatic heterocycles. The molecule has 7 nitrogen and oxygen atoms in total. The van der Waals surface area contributed by atoms with Crippen LogP contribution in [0.25, 0.3) is 0 Å². The van der Waals surface area contributed by atoms with E-state index in [0.29, 0.717) is 11.4 Å². The minimum absolute atomic E-state index is 0.246. The summed E-state index contributed by atoms with van der Waals surface area (Å²) in [5.41, 5.74) is 0.174. The molecule has 8 heteroatoms. The van der Waals surface area contributed by atoms with Gasteiger partial charge in [0.15, 0.2) is 5.82 Å². The van der Waals surface area contributed by atoms with E-state index in [1.54, 1.807) is 36.4 Å². The zero-order chi connectivity index (χ0) is 18.8. The molecule has 0 saturated heterocycles. The van der Waals surface area contributed by atoms with Crippen molar-refractivity contribution in [3.63, 3.8) is 0 Å². The van der Waals surface area contributed by atoms with E-state index in [-0.39, 0.29) is 11.2 Å². The quantitative estimate of drug-likeness (QED) is 0.879. The van der Waals surface area contributed by atoms with E-state index in [2.05, 4.69) is 10.5 Å². The van der Waals surface area contributed by atoms with Gasteiger partial charge in [-0.3, -0.25) is 9.10 Å². The lowest BCUT2D eigenvalue weighted by Crippen LogP contribution is -2.45. The van der Waals surface area contributed by atoms with Gasteiger partial charge in [-0.2, -0.15) is 0 Å². The summed E-state index contributed by atoms with van der Waals surface area (Å²) < 4.78 is 30.7. The molecule has 1 atom stereocenters. The van der Waals surface area contributed by atoms with E-state index in [9.17, 15) is 13.2 Å². The predicted molar refractivity (Wildman–Crippen MR) is 97.1 cm³/mol. The minimum atomic E-state index is -3.64. The molecule has 0 spiro atoms. The molecule has 0 aliphatic carbocycles. The number of benzene rings is 1. The average Bonchev–Trinajstić information content (AvgIpc) is 2.95. The second-order valence-electron chi connectivity index (χ2n) is 6.89. The zero-order valence-electron chi connectivity index (χ0n) is 15.0. The van der Waals surface area contributed by atoms with Gasteiger partial charge in [-0.1, -0.05) is 44.1 Å². The van der Waals surface area contributed by atoms with Crippen molar-refractivity contribution in [2.24, 2.45) is 0 Å². The maximum absolute atomic E-state index is 12.5. The Bertz CT molecular complexity index is 838. The van der Waals surface area contributed by atoms with Gasteiger partial charge in [0.1, 0.15) is 11.8 Å². The molecular weight excluding hydrogens is 342 g/mol.